The van der Waals surface area contributed by atoms with E-state index in [4.69, 9.17) is 31.3 Å². The molecule has 10 rings (SSSR count). The van der Waals surface area contributed by atoms with Gasteiger partial charge < -0.3 is 8.98 Å². The fraction of sp³-hybridized carbons (Fsp3) is 0. The molecule has 210 valence electrons. The smallest absolute Gasteiger partial charge is 0.235 e. The quantitative estimate of drug-likeness (QED) is 0.205. The monoisotopic (exact) mass is 592 g/mol. The van der Waals surface area contributed by atoms with Gasteiger partial charge in [-0.05, 0) is 47.9 Å². The van der Waals surface area contributed by atoms with Crippen LogP contribution < -0.4 is 0 Å². The van der Waals surface area contributed by atoms with E-state index < -0.39 is 96.7 Å². The van der Waals surface area contributed by atoms with Gasteiger partial charge in [-0.25, -0.2) is 9.97 Å². The number of rotatable bonds is 3. The Kier molecular flexibility index (Phi) is 2.77. The van der Waals surface area contributed by atoms with Crippen LogP contribution in [0.3, 0.4) is 0 Å². The zero-order valence-electron chi connectivity index (χ0n) is 38.8. The van der Waals surface area contributed by atoms with Crippen LogP contribution in [0.25, 0.3) is 88.4 Å². The number of benzene rings is 6. The Hall–Kier alpha value is -6.20. The Morgan fingerprint density at radius 3 is 1.73 bits per heavy atom. The first-order valence-electron chi connectivity index (χ1n) is 21.8. The van der Waals surface area contributed by atoms with Gasteiger partial charge in [-0.3, -0.25) is 4.57 Å². The summed E-state index contributed by atoms with van der Waals surface area (Å²) in [6, 6.07) is 3.56. The van der Waals surface area contributed by atoms with Crippen LogP contribution in [0, 0.1) is 0 Å². The van der Waals surface area contributed by atoms with Crippen LogP contribution in [0.4, 0.5) is 0 Å². The molecule has 4 aromatic heterocycles. The van der Waals surface area contributed by atoms with Crippen molar-refractivity contribution in [2.75, 3.05) is 0 Å². The van der Waals surface area contributed by atoms with Crippen molar-refractivity contribution in [3.63, 3.8) is 0 Å². The molecule has 0 bridgehead atoms. The van der Waals surface area contributed by atoms with Crippen LogP contribution in [-0.2, 0) is 0 Å². The Bertz CT molecular complexity index is 3530. The fourth-order valence-electron chi connectivity index (χ4n) is 6.02. The van der Waals surface area contributed by atoms with E-state index in [9.17, 15) is 0 Å². The molecule has 0 spiro atoms. The summed E-state index contributed by atoms with van der Waals surface area (Å²) in [7, 11) is 0. The zero-order valence-corrected chi connectivity index (χ0v) is 22.8. The molecule has 0 aliphatic heterocycles. The summed E-state index contributed by atoms with van der Waals surface area (Å²) in [5.74, 6) is -0.176. The van der Waals surface area contributed by atoms with Crippen LogP contribution in [-0.4, -0.2) is 19.1 Å². The van der Waals surface area contributed by atoms with E-state index in [1.54, 1.807) is 42.5 Å². The Balaban J connectivity index is 1.27. The number of aromatic nitrogens is 4. The molecule has 10 aromatic rings. The zero-order chi connectivity index (χ0) is 43.4. The second-order valence-corrected chi connectivity index (χ2v) is 10.3. The predicted molar refractivity (Wildman–Crippen MR) is 183 cm³/mol. The van der Waals surface area contributed by atoms with Crippen molar-refractivity contribution in [3.8, 4) is 22.8 Å². The summed E-state index contributed by atoms with van der Waals surface area (Å²) in [6.07, 6.45) is 1.35. The lowest BCUT2D eigenvalue weighted by Crippen LogP contribution is -2.00. The van der Waals surface area contributed by atoms with Crippen molar-refractivity contribution in [2.24, 2.45) is 0 Å². The fourth-order valence-corrected chi connectivity index (χ4v) is 6.02. The van der Waals surface area contributed by atoms with Crippen LogP contribution >= 0.6 is 0 Å². The first-order chi connectivity index (χ1) is 29.0. The van der Waals surface area contributed by atoms with Crippen LogP contribution in [0.1, 0.15) is 21.9 Å². The molecule has 0 aliphatic rings. The van der Waals surface area contributed by atoms with Gasteiger partial charge in [-0.1, -0.05) is 96.8 Å². The summed E-state index contributed by atoms with van der Waals surface area (Å²) in [6.45, 7) is 0. The van der Waals surface area contributed by atoms with Crippen molar-refractivity contribution in [1.29, 1.82) is 0 Å². The second kappa shape index (κ2) is 9.15. The molecule has 0 amide bonds. The lowest BCUT2D eigenvalue weighted by atomic mass is 10.0. The highest BCUT2D eigenvalue weighted by Crippen LogP contribution is 2.38. The maximum Gasteiger partial charge on any atom is 0.235 e. The number of furan rings is 1. The van der Waals surface area contributed by atoms with Crippen LogP contribution in [0.2, 0.25) is 0 Å². The van der Waals surface area contributed by atoms with Crippen molar-refractivity contribution in [3.05, 3.63) is 145 Å². The predicted octanol–water partition coefficient (Wildman–Crippen LogP) is 10.2. The highest BCUT2D eigenvalue weighted by molar-refractivity contribution is 6.11. The molecule has 5 heteroatoms. The maximum atomic E-state index is 8.98. The number of para-hydroxylation sites is 5. The van der Waals surface area contributed by atoms with Crippen molar-refractivity contribution < 1.29 is 26.3 Å². The highest BCUT2D eigenvalue weighted by Gasteiger charge is 2.19. The molecule has 0 fully saturated rings. The van der Waals surface area contributed by atoms with Crippen molar-refractivity contribution in [1.82, 2.24) is 19.1 Å². The lowest BCUT2D eigenvalue weighted by Gasteiger charge is -2.14. The van der Waals surface area contributed by atoms with E-state index in [-0.39, 0.29) is 60.7 Å². The lowest BCUT2D eigenvalue weighted by molar-refractivity contribution is 0.665. The topological polar surface area (TPSA) is 48.8 Å². The van der Waals surface area contributed by atoms with Gasteiger partial charge in [0, 0.05) is 32.5 Å². The molecular weight excluding hydrogens is 552 g/mol. The summed E-state index contributed by atoms with van der Waals surface area (Å²) in [4.78, 5) is 9.26. The third-order valence-electron chi connectivity index (χ3n) is 7.92. The number of nitrogens with zero attached hydrogens (tertiary/aromatic N) is 4. The average molecular weight is 593 g/mol. The minimum atomic E-state index is -0.593. The third-order valence-corrected chi connectivity index (χ3v) is 7.92. The summed E-state index contributed by atoms with van der Waals surface area (Å²) in [5, 5.41) is 0.0348. The van der Waals surface area contributed by atoms with Gasteiger partial charge in [0.25, 0.3) is 0 Å². The summed E-state index contributed by atoms with van der Waals surface area (Å²) < 4.78 is 147. The Morgan fingerprint density at radius 1 is 0.556 bits per heavy atom. The van der Waals surface area contributed by atoms with Crippen LogP contribution in [0.5, 0.6) is 0 Å². The van der Waals surface area contributed by atoms with Crippen LogP contribution in [0.15, 0.2) is 150 Å². The standard InChI is InChI=1S/C40H24N4O/c1-6-16-32(43-33-17-7-2-12-27(33)28-13-3-8-18-34(28)43)26(11-1)25-21-22-37-31(23-25)39-38(45-37)24-41-40(42-39)44-35-19-9-4-14-29(35)30-15-5-10-20-36(30)44/h1-24H/i2D,3D,4D,5D,7D,8D,9D,10D,12D,13D,14D,15D,17D,18D,19D,20D. The third kappa shape index (κ3) is 3.43. The number of fused-ring (bicyclic) bond motifs is 9. The van der Waals surface area contributed by atoms with Gasteiger partial charge in [0.05, 0.1) is 55.9 Å². The molecule has 4 heterocycles. The summed E-state index contributed by atoms with van der Waals surface area (Å²) in [5.41, 5.74) is 1.74. The van der Waals surface area contributed by atoms with E-state index >= 15 is 0 Å². The molecule has 0 saturated carbocycles. The largest absolute Gasteiger partial charge is 0.453 e. The van der Waals surface area contributed by atoms with Gasteiger partial charge >= 0.3 is 0 Å². The number of hydrogen-bond donors (Lipinski definition) is 0. The molecule has 0 aliphatic carbocycles. The van der Waals surface area contributed by atoms with Gasteiger partial charge in [-0.2, -0.15) is 0 Å². The van der Waals surface area contributed by atoms with Gasteiger partial charge in [-0.15, -0.1) is 0 Å². The minimum absolute atomic E-state index is 0.0465. The molecule has 0 radical (unpaired) electrons. The van der Waals surface area contributed by atoms with E-state index in [1.807, 2.05) is 0 Å². The molecule has 5 nitrogen and oxygen atoms in total. The van der Waals surface area contributed by atoms with Crippen molar-refractivity contribution in [2.45, 2.75) is 0 Å². The van der Waals surface area contributed by atoms with Gasteiger partial charge in [0.2, 0.25) is 5.95 Å². The minimum Gasteiger partial charge on any atom is -0.453 e. The van der Waals surface area contributed by atoms with E-state index in [2.05, 4.69) is 4.98 Å². The SMILES string of the molecule is [2H]c1c([2H])c([2H])c2c(c1[2H])c1c([2H])c([2H])c([2H])c([2H])c1n2-c1ncc2oc3ccc(-c4ccccc4-n4c5c([2H])c([2H])c([2H])c([2H])c5c5c([2H])c([2H])c([2H])c([2H])c54)cc3c2n1. The molecular formula is C40H24N4O. The Labute approximate surface area is 279 Å². The van der Waals surface area contributed by atoms with Gasteiger partial charge in [0.15, 0.2) is 5.58 Å². The molecule has 45 heavy (non-hydrogen) atoms. The summed E-state index contributed by atoms with van der Waals surface area (Å²) >= 11 is 0. The van der Waals surface area contributed by atoms with E-state index in [0.717, 1.165) is 0 Å². The maximum absolute atomic E-state index is 8.98. The molecule has 0 N–H and O–H groups in total. The molecule has 0 atom stereocenters. The number of hydrogen-bond acceptors (Lipinski definition) is 3. The van der Waals surface area contributed by atoms with E-state index in [1.165, 1.54) is 15.3 Å². The Morgan fingerprint density at radius 2 is 1.11 bits per heavy atom. The highest BCUT2D eigenvalue weighted by atomic mass is 16.3. The van der Waals surface area contributed by atoms with Crippen molar-refractivity contribution >= 4 is 65.7 Å². The molecule has 0 saturated heterocycles. The normalized spacial score (nSPS) is 17.0. The van der Waals surface area contributed by atoms with E-state index in [0.29, 0.717) is 27.8 Å². The molecule has 6 aromatic carbocycles. The van der Waals surface area contributed by atoms with Gasteiger partial charge in [0.1, 0.15) is 11.1 Å². The molecule has 0 unspecified atom stereocenters. The average Bonchev–Trinajstić information content (AvgIpc) is 3.94. The second-order valence-electron chi connectivity index (χ2n) is 10.3. The first kappa shape index (κ1) is 13.6. The first-order valence-corrected chi connectivity index (χ1v) is 13.8.